The van der Waals surface area contributed by atoms with Crippen molar-refractivity contribution in [2.75, 3.05) is 7.11 Å². The molecule has 0 aliphatic heterocycles. The van der Waals surface area contributed by atoms with Gasteiger partial charge in [0, 0.05) is 4.90 Å². The number of ether oxygens (including phenoxy) is 1. The van der Waals surface area contributed by atoms with E-state index in [9.17, 15) is 9.18 Å². The quantitative estimate of drug-likeness (QED) is 0.636. The molecule has 0 radical (unpaired) electrons. The Morgan fingerprint density at radius 3 is 2.80 bits per heavy atom. The number of hydrogen-bond acceptors (Lipinski definition) is 3. The molecule has 15 heavy (non-hydrogen) atoms. The lowest BCUT2D eigenvalue weighted by Crippen LogP contribution is -2.07. The molecular weight excluding hydrogens is 215 g/mol. The molecule has 1 aromatic carbocycles. The first kappa shape index (κ1) is 12.0. The van der Waals surface area contributed by atoms with Crippen LogP contribution in [0.15, 0.2) is 23.1 Å². The molecule has 0 aliphatic carbocycles. The normalized spacial score (nSPS) is 12.3. The van der Waals surface area contributed by atoms with Crippen LogP contribution in [0.5, 0.6) is 0 Å². The fraction of sp³-hybridized carbons (Fsp3) is 0.364. The van der Waals surface area contributed by atoms with E-state index in [0.29, 0.717) is 10.5 Å². The van der Waals surface area contributed by atoms with Gasteiger partial charge in [-0.15, -0.1) is 12.6 Å². The van der Waals surface area contributed by atoms with E-state index in [1.54, 1.807) is 19.1 Å². The zero-order chi connectivity index (χ0) is 11.4. The van der Waals surface area contributed by atoms with Gasteiger partial charge in [0.2, 0.25) is 0 Å². The van der Waals surface area contributed by atoms with Gasteiger partial charge in [0.1, 0.15) is 5.82 Å². The molecule has 1 atom stereocenters. The van der Waals surface area contributed by atoms with Crippen LogP contribution in [0.1, 0.15) is 24.8 Å². The Morgan fingerprint density at radius 1 is 1.60 bits per heavy atom. The summed E-state index contributed by atoms with van der Waals surface area (Å²) in [4.78, 5) is 11.6. The van der Waals surface area contributed by atoms with Crippen molar-refractivity contribution in [3.05, 3.63) is 29.6 Å². The van der Waals surface area contributed by atoms with Gasteiger partial charge in [0.05, 0.1) is 13.5 Å². The van der Waals surface area contributed by atoms with Crippen LogP contribution in [-0.2, 0) is 9.53 Å². The van der Waals surface area contributed by atoms with Crippen LogP contribution in [0.4, 0.5) is 4.39 Å². The van der Waals surface area contributed by atoms with Gasteiger partial charge in [0.25, 0.3) is 0 Å². The van der Waals surface area contributed by atoms with Crippen molar-refractivity contribution in [3.63, 3.8) is 0 Å². The van der Waals surface area contributed by atoms with Crippen LogP contribution in [0.3, 0.4) is 0 Å². The topological polar surface area (TPSA) is 26.3 Å². The maximum Gasteiger partial charge on any atom is 0.306 e. The summed E-state index contributed by atoms with van der Waals surface area (Å²) in [5, 5.41) is 0. The monoisotopic (exact) mass is 228 g/mol. The largest absolute Gasteiger partial charge is 0.469 e. The molecule has 2 nitrogen and oxygen atoms in total. The number of carbonyl (C=O) groups excluding carboxylic acids is 1. The van der Waals surface area contributed by atoms with Gasteiger partial charge in [-0.25, -0.2) is 4.39 Å². The van der Waals surface area contributed by atoms with Crippen LogP contribution in [-0.4, -0.2) is 13.1 Å². The van der Waals surface area contributed by atoms with E-state index in [1.165, 1.54) is 13.2 Å². The number of thiol groups is 1. The standard InChI is InChI=1S/C11H13FO2S/c1-7(5-11(13)14-2)9-4-3-8(15)6-10(9)12/h3-4,6-7,15H,5H2,1-2H3. The highest BCUT2D eigenvalue weighted by molar-refractivity contribution is 7.80. The Morgan fingerprint density at radius 2 is 2.27 bits per heavy atom. The summed E-state index contributed by atoms with van der Waals surface area (Å²) in [6.07, 6.45) is 0.180. The molecular formula is C11H13FO2S. The molecule has 0 spiro atoms. The minimum Gasteiger partial charge on any atom is -0.469 e. The number of halogens is 1. The lowest BCUT2D eigenvalue weighted by atomic mass is 9.97. The summed E-state index contributed by atoms with van der Waals surface area (Å²) in [7, 11) is 1.32. The molecule has 0 amide bonds. The summed E-state index contributed by atoms with van der Waals surface area (Å²) in [6.45, 7) is 1.79. The minimum atomic E-state index is -0.336. The predicted molar refractivity (Wildman–Crippen MR) is 58.7 cm³/mol. The van der Waals surface area contributed by atoms with Crippen molar-refractivity contribution < 1.29 is 13.9 Å². The van der Waals surface area contributed by atoms with Crippen molar-refractivity contribution in [2.24, 2.45) is 0 Å². The molecule has 0 fully saturated rings. The maximum atomic E-state index is 13.5. The SMILES string of the molecule is COC(=O)CC(C)c1ccc(S)cc1F. The third-order valence-electron chi connectivity index (χ3n) is 2.22. The average Bonchev–Trinajstić information content (AvgIpc) is 2.17. The second-order valence-electron chi connectivity index (χ2n) is 3.39. The second kappa shape index (κ2) is 5.16. The van der Waals surface area contributed by atoms with Crippen LogP contribution in [0.2, 0.25) is 0 Å². The van der Waals surface area contributed by atoms with Gasteiger partial charge in [-0.3, -0.25) is 4.79 Å². The van der Waals surface area contributed by atoms with Crippen molar-refractivity contribution in [1.82, 2.24) is 0 Å². The fourth-order valence-electron chi connectivity index (χ4n) is 1.36. The number of esters is 1. The van der Waals surface area contributed by atoms with Crippen LogP contribution >= 0.6 is 12.6 Å². The molecule has 0 aromatic heterocycles. The minimum absolute atomic E-state index is 0.180. The summed E-state index contributed by atoms with van der Waals surface area (Å²) >= 11 is 4.03. The van der Waals surface area contributed by atoms with E-state index in [1.807, 2.05) is 0 Å². The molecule has 0 heterocycles. The van der Waals surface area contributed by atoms with Gasteiger partial charge < -0.3 is 4.74 Å². The molecule has 1 rings (SSSR count). The lowest BCUT2D eigenvalue weighted by Gasteiger charge is -2.11. The van der Waals surface area contributed by atoms with Gasteiger partial charge in [-0.05, 0) is 23.6 Å². The van der Waals surface area contributed by atoms with Crippen LogP contribution in [0, 0.1) is 5.82 Å². The molecule has 0 saturated heterocycles. The first-order valence-electron chi connectivity index (χ1n) is 4.59. The summed E-state index contributed by atoms with van der Waals surface area (Å²) < 4.78 is 18.0. The number of rotatable bonds is 3. The van der Waals surface area contributed by atoms with Crippen LogP contribution in [0.25, 0.3) is 0 Å². The number of methoxy groups -OCH3 is 1. The van der Waals surface area contributed by atoms with Crippen molar-refractivity contribution in [3.8, 4) is 0 Å². The van der Waals surface area contributed by atoms with E-state index in [4.69, 9.17) is 0 Å². The molecule has 0 aliphatic rings. The third kappa shape index (κ3) is 3.23. The van der Waals surface area contributed by atoms with E-state index >= 15 is 0 Å². The zero-order valence-corrected chi connectivity index (χ0v) is 9.55. The Labute approximate surface area is 93.9 Å². The number of carbonyl (C=O) groups is 1. The van der Waals surface area contributed by atoms with Gasteiger partial charge in [-0.2, -0.15) is 0 Å². The maximum absolute atomic E-state index is 13.5. The summed E-state index contributed by atoms with van der Waals surface area (Å²) in [5.74, 6) is -0.859. The zero-order valence-electron chi connectivity index (χ0n) is 8.66. The van der Waals surface area contributed by atoms with E-state index < -0.39 is 0 Å². The Kier molecular flexibility index (Phi) is 4.15. The highest BCUT2D eigenvalue weighted by Crippen LogP contribution is 2.24. The van der Waals surface area contributed by atoms with Gasteiger partial charge in [-0.1, -0.05) is 13.0 Å². The van der Waals surface area contributed by atoms with Crippen molar-refractivity contribution >= 4 is 18.6 Å². The second-order valence-corrected chi connectivity index (χ2v) is 3.90. The summed E-state index contributed by atoms with van der Waals surface area (Å²) in [6, 6.07) is 4.69. The third-order valence-corrected chi connectivity index (χ3v) is 2.49. The molecule has 1 unspecified atom stereocenters. The Balaban J connectivity index is 2.82. The first-order chi connectivity index (χ1) is 7.04. The first-order valence-corrected chi connectivity index (χ1v) is 5.04. The smallest absolute Gasteiger partial charge is 0.306 e. The van der Waals surface area contributed by atoms with E-state index in [-0.39, 0.29) is 24.1 Å². The van der Waals surface area contributed by atoms with Crippen LogP contribution < -0.4 is 0 Å². The Bertz CT molecular complexity index is 366. The van der Waals surface area contributed by atoms with Gasteiger partial charge >= 0.3 is 5.97 Å². The average molecular weight is 228 g/mol. The Hall–Kier alpha value is -1.03. The van der Waals surface area contributed by atoms with E-state index in [2.05, 4.69) is 17.4 Å². The molecule has 4 heteroatoms. The highest BCUT2D eigenvalue weighted by Gasteiger charge is 2.15. The predicted octanol–water partition coefficient (Wildman–Crippen LogP) is 2.78. The highest BCUT2D eigenvalue weighted by atomic mass is 32.1. The van der Waals surface area contributed by atoms with Gasteiger partial charge in [0.15, 0.2) is 0 Å². The number of hydrogen-bond donors (Lipinski definition) is 1. The molecule has 82 valence electrons. The molecule has 0 bridgehead atoms. The van der Waals surface area contributed by atoms with E-state index in [0.717, 1.165) is 0 Å². The fourth-order valence-corrected chi connectivity index (χ4v) is 1.55. The van der Waals surface area contributed by atoms with Crippen molar-refractivity contribution in [2.45, 2.75) is 24.2 Å². The molecule has 0 N–H and O–H groups in total. The number of benzene rings is 1. The van der Waals surface area contributed by atoms with Crippen molar-refractivity contribution in [1.29, 1.82) is 0 Å². The molecule has 0 saturated carbocycles. The summed E-state index contributed by atoms with van der Waals surface area (Å²) in [5.41, 5.74) is 0.512. The molecule has 1 aromatic rings. The lowest BCUT2D eigenvalue weighted by molar-refractivity contribution is -0.140.